The van der Waals surface area contributed by atoms with Crippen LogP contribution >= 0.6 is 11.8 Å². The van der Waals surface area contributed by atoms with Gasteiger partial charge < -0.3 is 23.7 Å². The summed E-state index contributed by atoms with van der Waals surface area (Å²) in [7, 11) is 1.56. The number of aryl methyl sites for hydroxylation is 1. The predicted molar refractivity (Wildman–Crippen MR) is 131 cm³/mol. The molecular formula is C25H28N2O9S. The molecule has 2 heterocycles. The van der Waals surface area contributed by atoms with Crippen molar-refractivity contribution >= 4 is 35.5 Å². The molecule has 1 aromatic carbocycles. The summed E-state index contributed by atoms with van der Waals surface area (Å²) in [6.45, 7) is 6.50. The fraction of sp³-hybridized carbons (Fsp3) is 0.440. The van der Waals surface area contributed by atoms with Gasteiger partial charge in [0.15, 0.2) is 29.3 Å². The minimum Gasteiger partial charge on any atom is -0.497 e. The van der Waals surface area contributed by atoms with Crippen LogP contribution in [0.5, 0.6) is 5.75 Å². The molecule has 1 aromatic heterocycles. The van der Waals surface area contributed by atoms with E-state index in [9.17, 15) is 19.2 Å². The van der Waals surface area contributed by atoms with Crippen LogP contribution in [0.4, 0.5) is 0 Å². The summed E-state index contributed by atoms with van der Waals surface area (Å²) in [4.78, 5) is 56.8. The van der Waals surface area contributed by atoms with Gasteiger partial charge in [-0.15, -0.1) is 0 Å². The largest absolute Gasteiger partial charge is 0.497 e. The second kappa shape index (κ2) is 12.2. The zero-order valence-corrected chi connectivity index (χ0v) is 22.1. The highest BCUT2D eigenvalue weighted by atomic mass is 32.2. The first kappa shape index (κ1) is 28.1. The number of carbonyl (C=O) groups is 4. The summed E-state index contributed by atoms with van der Waals surface area (Å²) in [5.74, 6) is -1.06. The maximum Gasteiger partial charge on any atom is 0.303 e. The molecule has 1 aliphatic rings. The molecule has 1 aliphatic heterocycles. The van der Waals surface area contributed by atoms with Crippen LogP contribution in [-0.4, -0.2) is 71.1 Å². The number of hydrogen-bond donors (Lipinski definition) is 0. The van der Waals surface area contributed by atoms with Crippen LogP contribution in [0.3, 0.4) is 0 Å². The molecule has 0 spiro atoms. The van der Waals surface area contributed by atoms with Crippen LogP contribution in [-0.2, 0) is 33.3 Å². The molecule has 0 N–H and O–H groups in total. The quantitative estimate of drug-likeness (QED) is 0.203. The Labute approximate surface area is 218 Å². The topological polar surface area (TPSA) is 140 Å². The molecular weight excluding hydrogens is 504 g/mol. The Kier molecular flexibility index (Phi) is 9.22. The molecule has 0 amide bonds. The lowest BCUT2D eigenvalue weighted by molar-refractivity contribution is -0.165. The van der Waals surface area contributed by atoms with Gasteiger partial charge in [0.1, 0.15) is 23.5 Å². The molecule has 1 fully saturated rings. The number of rotatable bonds is 9. The molecule has 198 valence electrons. The molecule has 0 radical (unpaired) electrons. The van der Waals surface area contributed by atoms with E-state index in [4.69, 9.17) is 23.7 Å². The van der Waals surface area contributed by atoms with Crippen LogP contribution in [0.25, 0.3) is 11.4 Å². The molecule has 3 rings (SSSR count). The minimum atomic E-state index is -1.06. The fourth-order valence-electron chi connectivity index (χ4n) is 3.79. The van der Waals surface area contributed by atoms with Gasteiger partial charge in [-0.25, -0.2) is 9.97 Å². The molecule has 1 saturated heterocycles. The van der Waals surface area contributed by atoms with Crippen molar-refractivity contribution in [1.29, 1.82) is 0 Å². The van der Waals surface area contributed by atoms with Gasteiger partial charge in [-0.05, 0) is 38.1 Å². The third kappa shape index (κ3) is 7.04. The van der Waals surface area contributed by atoms with Crippen molar-refractivity contribution in [3.8, 4) is 17.1 Å². The third-order valence-corrected chi connectivity index (χ3v) is 6.44. The number of hydrogen-bond acceptors (Lipinski definition) is 12. The van der Waals surface area contributed by atoms with E-state index in [2.05, 4.69) is 9.97 Å². The number of ketones is 1. The van der Waals surface area contributed by atoms with Crippen molar-refractivity contribution in [2.45, 2.75) is 63.4 Å². The normalized spacial score (nSPS) is 20.7. The van der Waals surface area contributed by atoms with Gasteiger partial charge in [0, 0.05) is 26.3 Å². The summed E-state index contributed by atoms with van der Waals surface area (Å²) < 4.78 is 27.2. The zero-order chi connectivity index (χ0) is 27.3. The average molecular weight is 533 g/mol. The summed E-state index contributed by atoms with van der Waals surface area (Å²) >= 11 is 1.03. The first-order valence-electron chi connectivity index (χ1n) is 11.3. The van der Waals surface area contributed by atoms with Crippen LogP contribution < -0.4 is 4.74 Å². The van der Waals surface area contributed by atoms with Crippen molar-refractivity contribution in [3.63, 3.8) is 0 Å². The van der Waals surface area contributed by atoms with E-state index >= 15 is 0 Å². The van der Waals surface area contributed by atoms with E-state index < -0.39 is 41.7 Å². The SMILES string of the molecule is COc1ccc(-c2nc(C)c(C(C)=O)c(S[C@@H]3O[C@H](COC(C)=O)[C@@H](OC(C)=O)[C@H]3OC(C)=O)n2)cc1. The van der Waals surface area contributed by atoms with E-state index in [1.807, 2.05) is 0 Å². The second-order valence-electron chi connectivity index (χ2n) is 8.21. The molecule has 0 saturated carbocycles. The lowest BCUT2D eigenvalue weighted by atomic mass is 10.1. The number of esters is 3. The molecule has 11 nitrogen and oxygen atoms in total. The fourth-order valence-corrected chi connectivity index (χ4v) is 5.10. The summed E-state index contributed by atoms with van der Waals surface area (Å²) in [5.41, 5.74) is 0.478. The molecule has 2 aromatic rings. The summed E-state index contributed by atoms with van der Waals surface area (Å²) in [5, 5.41) is 0.294. The average Bonchev–Trinajstić information content (AvgIpc) is 3.11. The number of Topliss-reactive ketones (excluding diaryl/α,β-unsaturated/α-hetero) is 1. The van der Waals surface area contributed by atoms with E-state index in [0.717, 1.165) is 11.8 Å². The number of carbonyl (C=O) groups excluding carboxylic acids is 4. The number of benzene rings is 1. The van der Waals surface area contributed by atoms with Gasteiger partial charge in [0.05, 0.1) is 18.4 Å². The number of ether oxygens (including phenoxy) is 5. The van der Waals surface area contributed by atoms with Gasteiger partial charge in [0.25, 0.3) is 0 Å². The highest BCUT2D eigenvalue weighted by Gasteiger charge is 2.50. The Morgan fingerprint density at radius 2 is 1.54 bits per heavy atom. The Morgan fingerprint density at radius 3 is 2.08 bits per heavy atom. The van der Waals surface area contributed by atoms with Crippen LogP contribution in [0.15, 0.2) is 29.3 Å². The third-order valence-electron chi connectivity index (χ3n) is 5.31. The number of methoxy groups -OCH3 is 1. The van der Waals surface area contributed by atoms with Gasteiger partial charge in [-0.3, -0.25) is 19.2 Å². The number of nitrogens with zero attached hydrogens (tertiary/aromatic N) is 2. The van der Waals surface area contributed by atoms with Crippen LogP contribution in [0.1, 0.15) is 43.7 Å². The first-order valence-corrected chi connectivity index (χ1v) is 12.2. The Hall–Kier alpha value is -3.51. The van der Waals surface area contributed by atoms with Gasteiger partial charge >= 0.3 is 17.9 Å². The summed E-state index contributed by atoms with van der Waals surface area (Å²) in [6, 6.07) is 7.10. The molecule has 0 bridgehead atoms. The Morgan fingerprint density at radius 1 is 0.919 bits per heavy atom. The number of aromatic nitrogens is 2. The van der Waals surface area contributed by atoms with E-state index in [1.165, 1.54) is 27.7 Å². The molecule has 12 heteroatoms. The highest BCUT2D eigenvalue weighted by molar-refractivity contribution is 7.99. The zero-order valence-electron chi connectivity index (χ0n) is 21.3. The van der Waals surface area contributed by atoms with Crippen molar-refractivity contribution in [3.05, 3.63) is 35.5 Å². The van der Waals surface area contributed by atoms with E-state index in [0.29, 0.717) is 27.9 Å². The van der Waals surface area contributed by atoms with Gasteiger partial charge in [-0.1, -0.05) is 11.8 Å². The van der Waals surface area contributed by atoms with Crippen molar-refractivity contribution in [1.82, 2.24) is 9.97 Å². The van der Waals surface area contributed by atoms with Gasteiger partial charge in [-0.2, -0.15) is 0 Å². The lowest BCUT2D eigenvalue weighted by Crippen LogP contribution is -2.40. The molecule has 37 heavy (non-hydrogen) atoms. The van der Waals surface area contributed by atoms with Crippen LogP contribution in [0.2, 0.25) is 0 Å². The van der Waals surface area contributed by atoms with Crippen LogP contribution in [0, 0.1) is 6.92 Å². The lowest BCUT2D eigenvalue weighted by Gasteiger charge is -2.23. The smallest absolute Gasteiger partial charge is 0.303 e. The van der Waals surface area contributed by atoms with Crippen molar-refractivity contribution < 1.29 is 42.9 Å². The maximum atomic E-state index is 12.5. The molecule has 4 atom stereocenters. The van der Waals surface area contributed by atoms with E-state index in [-0.39, 0.29) is 18.0 Å². The molecule has 0 unspecified atom stereocenters. The first-order chi connectivity index (χ1) is 17.5. The monoisotopic (exact) mass is 532 g/mol. The minimum absolute atomic E-state index is 0.235. The Bertz CT molecular complexity index is 1190. The highest BCUT2D eigenvalue weighted by Crippen LogP contribution is 2.39. The summed E-state index contributed by atoms with van der Waals surface area (Å²) in [6.07, 6.45) is -3.03. The maximum absolute atomic E-state index is 12.5. The number of thioether (sulfide) groups is 1. The molecule has 0 aliphatic carbocycles. The van der Waals surface area contributed by atoms with Gasteiger partial charge in [0.2, 0.25) is 0 Å². The predicted octanol–water partition coefficient (Wildman–Crippen LogP) is 2.91. The van der Waals surface area contributed by atoms with Crippen molar-refractivity contribution in [2.24, 2.45) is 0 Å². The van der Waals surface area contributed by atoms with Crippen molar-refractivity contribution in [2.75, 3.05) is 13.7 Å². The standard InChI is InChI=1S/C25H28N2O9S/c1-12-20(13(2)28)24(27-23(26-12)17-7-9-18(32-6)10-8-17)37-25-22(35-16(5)31)21(34-15(4)30)19(36-25)11-33-14(3)29/h7-10,19,21-22,25H,11H2,1-6H3/t19-,21-,22-,25+/m1/s1. The Balaban J connectivity index is 2.02. The van der Waals surface area contributed by atoms with E-state index in [1.54, 1.807) is 38.3 Å². The second-order valence-corrected chi connectivity index (χ2v) is 9.30.